The highest BCUT2D eigenvalue weighted by Crippen LogP contribution is 2.37. The van der Waals surface area contributed by atoms with Gasteiger partial charge in [0, 0.05) is 27.4 Å². The Morgan fingerprint density at radius 1 is 1.04 bits per heavy atom. The second-order valence-electron chi connectivity index (χ2n) is 8.59. The predicted octanol–water partition coefficient (Wildman–Crippen LogP) is 3.95. The van der Waals surface area contributed by atoms with Crippen molar-refractivity contribution in [1.82, 2.24) is 0 Å². The van der Waals surface area contributed by atoms with Gasteiger partial charge in [-0.1, -0.05) is 27.4 Å². The van der Waals surface area contributed by atoms with Gasteiger partial charge in [0.25, 0.3) is 0 Å². The first kappa shape index (κ1) is 26.7. The number of ether oxygens (including phenoxy) is 4. The maximum Gasteiger partial charge on any atom is 0.191 e. The molecule has 0 aliphatic heterocycles. The van der Waals surface area contributed by atoms with E-state index in [2.05, 4.69) is 40.4 Å². The van der Waals surface area contributed by atoms with Crippen LogP contribution in [0.25, 0.3) is 0 Å². The first-order chi connectivity index (χ1) is 12.5. The Bertz CT molecular complexity index is 408. The molecule has 0 aliphatic carbocycles. The summed E-state index contributed by atoms with van der Waals surface area (Å²) >= 11 is 0. The molecule has 0 rings (SSSR count). The van der Waals surface area contributed by atoms with Crippen molar-refractivity contribution in [3.8, 4) is 0 Å². The number of hydrogen-bond acceptors (Lipinski definition) is 6. The SMILES string of the molecule is C=C(C)C(O)[C@@H](OCOC)[C@H](CCOCOC)CCO[Si](C)(C)C(C)(C)C. The smallest absolute Gasteiger partial charge is 0.191 e. The minimum atomic E-state index is -1.82. The predicted molar refractivity (Wildman–Crippen MR) is 111 cm³/mol. The van der Waals surface area contributed by atoms with Crippen LogP contribution in [0.15, 0.2) is 12.2 Å². The number of rotatable bonds is 15. The van der Waals surface area contributed by atoms with Crippen molar-refractivity contribution in [1.29, 1.82) is 0 Å². The van der Waals surface area contributed by atoms with Crippen molar-refractivity contribution in [2.45, 2.75) is 70.9 Å². The molecule has 0 fully saturated rings. The monoisotopic (exact) mass is 406 g/mol. The summed E-state index contributed by atoms with van der Waals surface area (Å²) in [6.45, 7) is 18.4. The molecule has 0 bridgehead atoms. The van der Waals surface area contributed by atoms with Gasteiger partial charge in [0.2, 0.25) is 0 Å². The van der Waals surface area contributed by atoms with E-state index >= 15 is 0 Å². The molecule has 0 spiro atoms. The molecule has 0 aliphatic rings. The van der Waals surface area contributed by atoms with E-state index in [1.54, 1.807) is 21.1 Å². The van der Waals surface area contributed by atoms with Gasteiger partial charge in [0.05, 0.1) is 6.10 Å². The molecule has 3 atom stereocenters. The van der Waals surface area contributed by atoms with Crippen LogP contribution in [0.4, 0.5) is 0 Å². The Hall–Kier alpha value is -0.283. The highest BCUT2D eigenvalue weighted by molar-refractivity contribution is 6.74. The van der Waals surface area contributed by atoms with Crippen molar-refractivity contribution in [2.24, 2.45) is 5.92 Å². The highest BCUT2D eigenvalue weighted by Gasteiger charge is 2.37. The van der Waals surface area contributed by atoms with E-state index in [4.69, 9.17) is 23.4 Å². The second kappa shape index (κ2) is 13.0. The van der Waals surface area contributed by atoms with Gasteiger partial charge in [-0.25, -0.2) is 0 Å². The van der Waals surface area contributed by atoms with Crippen molar-refractivity contribution in [2.75, 3.05) is 41.0 Å². The Labute approximate surface area is 167 Å². The Balaban J connectivity index is 5.06. The molecule has 0 aromatic heterocycles. The van der Waals surface area contributed by atoms with Crippen LogP contribution in [0.2, 0.25) is 18.1 Å². The van der Waals surface area contributed by atoms with Gasteiger partial charge in [-0.15, -0.1) is 0 Å². The zero-order valence-corrected chi connectivity index (χ0v) is 19.7. The fourth-order valence-corrected chi connectivity index (χ4v) is 3.51. The Kier molecular flexibility index (Phi) is 12.9. The molecular weight excluding hydrogens is 364 g/mol. The third-order valence-corrected chi connectivity index (χ3v) is 9.79. The lowest BCUT2D eigenvalue weighted by Gasteiger charge is -2.37. The molecule has 0 radical (unpaired) electrons. The molecule has 0 saturated carbocycles. The van der Waals surface area contributed by atoms with Gasteiger partial charge in [-0.05, 0) is 49.4 Å². The summed E-state index contributed by atoms with van der Waals surface area (Å²) in [5, 5.41) is 10.8. The minimum absolute atomic E-state index is 0.0495. The summed E-state index contributed by atoms with van der Waals surface area (Å²) in [6.07, 6.45) is 0.307. The quantitative estimate of drug-likeness (QED) is 0.192. The topological polar surface area (TPSA) is 66.4 Å². The van der Waals surface area contributed by atoms with Crippen molar-refractivity contribution < 1.29 is 28.5 Å². The molecular formula is C20H42O6Si. The first-order valence-corrected chi connectivity index (χ1v) is 12.5. The Morgan fingerprint density at radius 2 is 1.59 bits per heavy atom. The van der Waals surface area contributed by atoms with E-state index in [9.17, 15) is 5.11 Å². The van der Waals surface area contributed by atoms with Crippen LogP contribution in [-0.4, -0.2) is 66.7 Å². The van der Waals surface area contributed by atoms with Crippen molar-refractivity contribution >= 4 is 8.32 Å². The van der Waals surface area contributed by atoms with Crippen LogP contribution < -0.4 is 0 Å². The van der Waals surface area contributed by atoms with Crippen LogP contribution in [-0.2, 0) is 23.4 Å². The van der Waals surface area contributed by atoms with Crippen LogP contribution in [0.5, 0.6) is 0 Å². The summed E-state index contributed by atoms with van der Waals surface area (Å²) in [5.74, 6) is 0.0495. The van der Waals surface area contributed by atoms with Crippen molar-refractivity contribution in [3.63, 3.8) is 0 Å². The van der Waals surface area contributed by atoms with Gasteiger partial charge in [0.1, 0.15) is 19.7 Å². The lowest BCUT2D eigenvalue weighted by molar-refractivity contribution is -0.132. The largest absolute Gasteiger partial charge is 0.417 e. The normalized spacial score (nSPS) is 16.2. The molecule has 7 heteroatoms. The van der Waals surface area contributed by atoms with E-state index < -0.39 is 20.5 Å². The average Bonchev–Trinajstić information content (AvgIpc) is 2.56. The van der Waals surface area contributed by atoms with Crippen LogP contribution >= 0.6 is 0 Å². The molecule has 1 unspecified atom stereocenters. The maximum atomic E-state index is 10.6. The third-order valence-electron chi connectivity index (χ3n) is 5.25. The summed E-state index contributed by atoms with van der Waals surface area (Å²) in [7, 11) is 1.35. The van der Waals surface area contributed by atoms with Gasteiger partial charge in [0.15, 0.2) is 8.32 Å². The van der Waals surface area contributed by atoms with E-state index in [0.29, 0.717) is 18.8 Å². The number of hydrogen-bond donors (Lipinski definition) is 1. The molecule has 0 amide bonds. The summed E-state index contributed by atoms with van der Waals surface area (Å²) < 4.78 is 27.6. The molecule has 0 heterocycles. The number of aliphatic hydroxyl groups is 1. The first-order valence-electron chi connectivity index (χ1n) is 9.62. The van der Waals surface area contributed by atoms with E-state index in [1.807, 2.05) is 0 Å². The number of aliphatic hydroxyl groups excluding tert-OH is 1. The Morgan fingerprint density at radius 3 is 2.07 bits per heavy atom. The van der Waals surface area contributed by atoms with Crippen LogP contribution in [0.1, 0.15) is 40.5 Å². The zero-order chi connectivity index (χ0) is 21.1. The minimum Gasteiger partial charge on any atom is -0.417 e. The molecule has 162 valence electrons. The fraction of sp³-hybridized carbons (Fsp3) is 0.900. The lowest BCUT2D eigenvalue weighted by atomic mass is 9.89. The standard InChI is InChI=1S/C20H42O6Si/c1-16(2)18(21)19(25-15-23-7)17(10-12-24-14-22-6)11-13-26-27(8,9)20(3,4)5/h17-19,21H,1,10-15H2,2-9H3/t17-,18?,19+/m1/s1. The number of methoxy groups -OCH3 is 2. The van der Waals surface area contributed by atoms with E-state index in [1.165, 1.54) is 0 Å². The molecule has 6 nitrogen and oxygen atoms in total. The van der Waals surface area contributed by atoms with Crippen LogP contribution in [0.3, 0.4) is 0 Å². The lowest BCUT2D eigenvalue weighted by Crippen LogP contribution is -2.42. The molecule has 27 heavy (non-hydrogen) atoms. The summed E-state index contributed by atoms with van der Waals surface area (Å²) in [4.78, 5) is 0. The van der Waals surface area contributed by atoms with Gasteiger partial charge >= 0.3 is 0 Å². The third kappa shape index (κ3) is 10.2. The second-order valence-corrected chi connectivity index (χ2v) is 13.4. The van der Waals surface area contributed by atoms with E-state index in [0.717, 1.165) is 12.8 Å². The molecule has 1 N–H and O–H groups in total. The molecule has 0 saturated heterocycles. The van der Waals surface area contributed by atoms with Gasteiger partial charge < -0.3 is 28.5 Å². The fourth-order valence-electron chi connectivity index (χ4n) is 2.44. The average molecular weight is 407 g/mol. The van der Waals surface area contributed by atoms with Gasteiger partial charge in [-0.2, -0.15) is 0 Å². The van der Waals surface area contributed by atoms with Crippen LogP contribution in [0, 0.1) is 5.92 Å². The molecule has 0 aromatic carbocycles. The summed E-state index contributed by atoms with van der Waals surface area (Å²) in [5.41, 5.74) is 0.671. The van der Waals surface area contributed by atoms with Crippen molar-refractivity contribution in [3.05, 3.63) is 12.2 Å². The van der Waals surface area contributed by atoms with E-state index in [-0.39, 0.29) is 24.5 Å². The zero-order valence-electron chi connectivity index (χ0n) is 18.7. The maximum absolute atomic E-state index is 10.6. The summed E-state index contributed by atoms with van der Waals surface area (Å²) in [6, 6.07) is 0. The van der Waals surface area contributed by atoms with Gasteiger partial charge in [-0.3, -0.25) is 0 Å². The molecule has 0 aromatic rings. The highest BCUT2D eigenvalue weighted by atomic mass is 28.4.